The van der Waals surface area contributed by atoms with Gasteiger partial charge >= 0.3 is 0 Å². The van der Waals surface area contributed by atoms with E-state index in [2.05, 4.69) is 32.7 Å². The van der Waals surface area contributed by atoms with Gasteiger partial charge in [-0.2, -0.15) is 4.98 Å². The molecule has 0 aliphatic rings. The highest BCUT2D eigenvalue weighted by molar-refractivity contribution is 14.1. The van der Waals surface area contributed by atoms with Crippen LogP contribution in [0.25, 0.3) is 22.2 Å². The highest BCUT2D eigenvalue weighted by atomic mass is 127. The van der Waals surface area contributed by atoms with Crippen molar-refractivity contribution in [2.45, 2.75) is 0 Å². The van der Waals surface area contributed by atoms with Crippen LogP contribution in [-0.4, -0.2) is 10.1 Å². The van der Waals surface area contributed by atoms with E-state index in [0.29, 0.717) is 11.7 Å². The summed E-state index contributed by atoms with van der Waals surface area (Å²) in [5.41, 5.74) is 0.951. The summed E-state index contributed by atoms with van der Waals surface area (Å²) in [6.07, 6.45) is 0. The van der Waals surface area contributed by atoms with Gasteiger partial charge in [-0.3, -0.25) is 0 Å². The van der Waals surface area contributed by atoms with Gasteiger partial charge < -0.3 is 4.52 Å². The van der Waals surface area contributed by atoms with E-state index in [-0.39, 0.29) is 0 Å². The number of thiophene rings is 1. The molecule has 3 aromatic rings. The monoisotopic (exact) mass is 354 g/mol. The van der Waals surface area contributed by atoms with Crippen LogP contribution in [0.15, 0.2) is 46.3 Å². The molecule has 3 nitrogen and oxygen atoms in total. The minimum absolute atomic E-state index is 0.562. The van der Waals surface area contributed by atoms with Gasteiger partial charge in [0.1, 0.15) is 0 Å². The summed E-state index contributed by atoms with van der Waals surface area (Å²) >= 11 is 3.86. The first-order valence-corrected chi connectivity index (χ1v) is 6.92. The Labute approximate surface area is 116 Å². The average molecular weight is 354 g/mol. The molecule has 0 unspecified atom stereocenters. The van der Waals surface area contributed by atoms with Crippen molar-refractivity contribution in [3.63, 3.8) is 0 Å². The Balaban J connectivity index is 2.01. The van der Waals surface area contributed by atoms with Crippen molar-refractivity contribution in [1.29, 1.82) is 0 Å². The van der Waals surface area contributed by atoms with Gasteiger partial charge in [0.2, 0.25) is 5.82 Å². The lowest BCUT2D eigenvalue weighted by atomic mass is 10.2. The second kappa shape index (κ2) is 4.58. The van der Waals surface area contributed by atoms with E-state index in [0.717, 1.165) is 14.0 Å². The highest BCUT2D eigenvalue weighted by Crippen LogP contribution is 2.25. The highest BCUT2D eigenvalue weighted by Gasteiger charge is 2.10. The number of hydrogen-bond donors (Lipinski definition) is 0. The minimum atomic E-state index is 0.562. The molecule has 0 aliphatic heterocycles. The lowest BCUT2D eigenvalue weighted by molar-refractivity contribution is 0.432. The Kier molecular flexibility index (Phi) is 2.94. The quantitative estimate of drug-likeness (QED) is 0.652. The third-order valence-electron chi connectivity index (χ3n) is 2.24. The molecule has 0 bridgehead atoms. The molecular formula is C12H7IN2OS. The second-order valence-electron chi connectivity index (χ2n) is 3.41. The lowest BCUT2D eigenvalue weighted by Gasteiger charge is -1.93. The molecule has 0 radical (unpaired) electrons. The van der Waals surface area contributed by atoms with Gasteiger partial charge in [-0.1, -0.05) is 17.3 Å². The number of nitrogens with zero attached hydrogens (tertiary/aromatic N) is 2. The molecule has 0 aliphatic carbocycles. The van der Waals surface area contributed by atoms with E-state index in [4.69, 9.17) is 4.52 Å². The van der Waals surface area contributed by atoms with Crippen molar-refractivity contribution in [2.75, 3.05) is 0 Å². The van der Waals surface area contributed by atoms with Crippen LogP contribution in [0.1, 0.15) is 0 Å². The van der Waals surface area contributed by atoms with Crippen LogP contribution in [0.3, 0.4) is 0 Å². The average Bonchev–Trinajstić information content (AvgIpc) is 3.00. The van der Waals surface area contributed by atoms with Gasteiger partial charge in [0, 0.05) is 9.13 Å². The lowest BCUT2D eigenvalue weighted by Crippen LogP contribution is -1.79. The zero-order chi connectivity index (χ0) is 11.7. The molecule has 0 saturated carbocycles. The molecule has 5 heteroatoms. The molecule has 1 aromatic carbocycles. The van der Waals surface area contributed by atoms with Crippen molar-refractivity contribution < 1.29 is 4.52 Å². The predicted octanol–water partition coefficient (Wildman–Crippen LogP) is 4.07. The Bertz CT molecular complexity index is 634. The molecule has 0 N–H and O–H groups in total. The molecule has 0 fully saturated rings. The largest absolute Gasteiger partial charge is 0.334 e. The number of aromatic nitrogens is 2. The van der Waals surface area contributed by atoms with Gasteiger partial charge in [-0.05, 0) is 52.2 Å². The van der Waals surface area contributed by atoms with Crippen molar-refractivity contribution in [2.24, 2.45) is 0 Å². The molecule has 84 valence electrons. The zero-order valence-electron chi connectivity index (χ0n) is 8.63. The van der Waals surface area contributed by atoms with Crippen LogP contribution in [-0.2, 0) is 0 Å². The fourth-order valence-electron chi connectivity index (χ4n) is 1.47. The fourth-order valence-corrected chi connectivity index (χ4v) is 2.66. The first-order valence-electron chi connectivity index (χ1n) is 4.96. The third-order valence-corrected chi connectivity index (χ3v) is 3.78. The maximum atomic E-state index is 5.27. The fraction of sp³-hybridized carbons (Fsp3) is 0. The predicted molar refractivity (Wildman–Crippen MR) is 75.8 cm³/mol. The molecule has 2 aromatic heterocycles. The molecular weight excluding hydrogens is 347 g/mol. The van der Waals surface area contributed by atoms with Crippen LogP contribution in [0.2, 0.25) is 0 Å². The molecule has 0 atom stereocenters. The van der Waals surface area contributed by atoms with Crippen LogP contribution in [0, 0.1) is 3.57 Å². The van der Waals surface area contributed by atoms with Gasteiger partial charge in [-0.25, -0.2) is 0 Å². The summed E-state index contributed by atoms with van der Waals surface area (Å²) in [6.45, 7) is 0. The van der Waals surface area contributed by atoms with E-state index in [9.17, 15) is 0 Å². The number of benzene rings is 1. The summed E-state index contributed by atoms with van der Waals surface area (Å²) in [4.78, 5) is 5.41. The van der Waals surface area contributed by atoms with Gasteiger partial charge in [0.05, 0.1) is 4.88 Å². The molecule has 0 spiro atoms. The summed E-state index contributed by atoms with van der Waals surface area (Å²) in [7, 11) is 0. The SMILES string of the molecule is Ic1cccc(-c2nc(-c3cccs3)no2)c1. The smallest absolute Gasteiger partial charge is 0.258 e. The van der Waals surface area contributed by atoms with E-state index in [1.807, 2.05) is 41.8 Å². The summed E-state index contributed by atoms with van der Waals surface area (Å²) < 4.78 is 6.42. The van der Waals surface area contributed by atoms with E-state index >= 15 is 0 Å². The first kappa shape index (κ1) is 10.9. The summed E-state index contributed by atoms with van der Waals surface area (Å²) in [6, 6.07) is 11.9. The standard InChI is InChI=1S/C12H7IN2OS/c13-9-4-1-3-8(7-9)12-14-11(15-16-12)10-5-2-6-17-10/h1-7H. The van der Waals surface area contributed by atoms with Gasteiger partial charge in [0.15, 0.2) is 0 Å². The summed E-state index contributed by atoms with van der Waals surface area (Å²) in [5.74, 6) is 1.21. The Morgan fingerprint density at radius 2 is 2.12 bits per heavy atom. The van der Waals surface area contributed by atoms with Crippen LogP contribution in [0.4, 0.5) is 0 Å². The van der Waals surface area contributed by atoms with E-state index in [1.54, 1.807) is 11.3 Å². The minimum Gasteiger partial charge on any atom is -0.334 e. The van der Waals surface area contributed by atoms with E-state index < -0.39 is 0 Å². The number of hydrogen-bond acceptors (Lipinski definition) is 4. The van der Waals surface area contributed by atoms with Crippen LogP contribution < -0.4 is 0 Å². The van der Waals surface area contributed by atoms with Crippen LogP contribution >= 0.6 is 33.9 Å². The topological polar surface area (TPSA) is 38.9 Å². The Morgan fingerprint density at radius 1 is 1.18 bits per heavy atom. The third kappa shape index (κ3) is 2.25. The molecule has 0 saturated heterocycles. The zero-order valence-corrected chi connectivity index (χ0v) is 11.6. The van der Waals surface area contributed by atoms with Gasteiger partial charge in [0.25, 0.3) is 5.89 Å². The first-order chi connectivity index (χ1) is 8.33. The maximum Gasteiger partial charge on any atom is 0.258 e. The van der Waals surface area contributed by atoms with E-state index in [1.165, 1.54) is 0 Å². The normalized spacial score (nSPS) is 10.6. The number of halogens is 1. The van der Waals surface area contributed by atoms with Crippen molar-refractivity contribution in [3.05, 3.63) is 45.3 Å². The van der Waals surface area contributed by atoms with Crippen LogP contribution in [0.5, 0.6) is 0 Å². The second-order valence-corrected chi connectivity index (χ2v) is 5.60. The Morgan fingerprint density at radius 3 is 2.88 bits per heavy atom. The summed E-state index contributed by atoms with van der Waals surface area (Å²) in [5, 5.41) is 5.98. The number of rotatable bonds is 2. The molecule has 3 rings (SSSR count). The Hall–Kier alpha value is -1.21. The molecule has 2 heterocycles. The molecule has 0 amide bonds. The van der Waals surface area contributed by atoms with Crippen molar-refractivity contribution in [1.82, 2.24) is 10.1 Å². The van der Waals surface area contributed by atoms with Gasteiger partial charge in [-0.15, -0.1) is 11.3 Å². The van der Waals surface area contributed by atoms with Crippen molar-refractivity contribution in [3.8, 4) is 22.2 Å². The molecule has 17 heavy (non-hydrogen) atoms. The maximum absolute atomic E-state index is 5.27. The van der Waals surface area contributed by atoms with Crippen molar-refractivity contribution >= 4 is 33.9 Å².